The average molecular weight is 698 g/mol. The van der Waals surface area contributed by atoms with Crippen molar-refractivity contribution in [2.24, 2.45) is 5.11 Å². The molecule has 0 bridgehead atoms. The average Bonchev–Trinajstić information content (AvgIpc) is 3.41. The molecule has 0 aliphatic carbocycles. The summed E-state index contributed by atoms with van der Waals surface area (Å²) in [6, 6.07) is -0.794. The van der Waals surface area contributed by atoms with E-state index in [0.29, 0.717) is 11.3 Å². The maximum absolute atomic E-state index is 12.5. The molecule has 1 N–H and O–H groups in total. The molecule has 2 unspecified atom stereocenters. The fraction of sp³-hybridized carbons (Fsp3) is 0.867. The van der Waals surface area contributed by atoms with Gasteiger partial charge in [-0.2, -0.15) is 11.8 Å². The van der Waals surface area contributed by atoms with Crippen molar-refractivity contribution >= 4 is 19.6 Å². The van der Waals surface area contributed by atoms with E-state index in [4.69, 9.17) is 24.1 Å². The number of nitrogens with zero attached hydrogens (tertiary/aromatic N) is 4. The Bertz CT molecular complexity index is 1180. The summed E-state index contributed by atoms with van der Waals surface area (Å²) < 4.78 is 34.9. The summed E-state index contributed by atoms with van der Waals surface area (Å²) in [5.41, 5.74) is 8.02. The van der Waals surface area contributed by atoms with Crippen molar-refractivity contribution in [3.63, 3.8) is 0 Å². The monoisotopic (exact) mass is 697 g/mol. The van der Waals surface area contributed by atoms with Crippen LogP contribution in [-0.4, -0.2) is 59.6 Å². The second kappa shape index (κ2) is 25.4. The summed E-state index contributed by atoms with van der Waals surface area (Å²) in [7, 11) is -3.21. The molecule has 0 amide bonds. The smallest absolute Gasteiger partial charge is 0.756 e. The summed E-state index contributed by atoms with van der Waals surface area (Å²) in [6.45, 7) is 3.13. The molecule has 1 saturated heterocycles. The Morgan fingerprint density at radius 3 is 2.24 bits per heavy atom. The van der Waals surface area contributed by atoms with Gasteiger partial charge in [-0.25, -0.2) is 4.79 Å². The molecule has 16 heteroatoms. The van der Waals surface area contributed by atoms with Crippen molar-refractivity contribution in [2.45, 2.75) is 135 Å². The van der Waals surface area contributed by atoms with Crippen LogP contribution in [0.2, 0.25) is 0 Å². The number of ether oxygens (including phenoxy) is 2. The van der Waals surface area contributed by atoms with E-state index in [0.717, 1.165) is 12.2 Å². The number of unbranched alkanes of at least 4 members (excludes halogenated alkanes) is 13. The first-order chi connectivity index (χ1) is 21.7. The molecular weight excluding hydrogens is 644 g/mol. The first kappa shape index (κ1) is 43.4. The van der Waals surface area contributed by atoms with Crippen molar-refractivity contribution < 1.29 is 57.5 Å². The van der Waals surface area contributed by atoms with Gasteiger partial charge in [-0.1, -0.05) is 95.5 Å². The molecule has 0 radical (unpaired) electrons. The number of azide groups is 1. The summed E-state index contributed by atoms with van der Waals surface area (Å²) in [5, 5.41) is 3.66. The number of hydrogen-bond donors (Lipinski definition) is 1. The third kappa shape index (κ3) is 17.7. The summed E-state index contributed by atoms with van der Waals surface area (Å²) in [6.07, 6.45) is 17.6. The molecule has 5 atom stereocenters. The Balaban J connectivity index is 0.0000106. The van der Waals surface area contributed by atoms with Crippen molar-refractivity contribution in [1.82, 2.24) is 9.55 Å². The van der Waals surface area contributed by atoms with Gasteiger partial charge in [0.15, 0.2) is 0 Å². The predicted molar refractivity (Wildman–Crippen MR) is 175 cm³/mol. The van der Waals surface area contributed by atoms with Gasteiger partial charge >= 0.3 is 35.2 Å². The number of aryl methyl sites for hydroxylation is 1. The van der Waals surface area contributed by atoms with Crippen LogP contribution >= 0.6 is 19.6 Å². The number of hydrogen-bond acceptors (Lipinski definition) is 10. The van der Waals surface area contributed by atoms with Gasteiger partial charge in [0, 0.05) is 36.0 Å². The van der Waals surface area contributed by atoms with Gasteiger partial charge in [0.1, 0.15) is 6.23 Å². The summed E-state index contributed by atoms with van der Waals surface area (Å²) in [5.74, 6) is 1.57. The van der Waals surface area contributed by atoms with Gasteiger partial charge in [-0.05, 0) is 24.6 Å². The molecule has 2 heterocycles. The van der Waals surface area contributed by atoms with Crippen LogP contribution in [0.1, 0.15) is 115 Å². The molecule has 13 nitrogen and oxygen atoms in total. The number of methoxy groups -OCH3 is 1. The number of nitrogens with one attached hydrogen (secondary N) is 1. The van der Waals surface area contributed by atoms with Crippen molar-refractivity contribution in [2.75, 3.05) is 31.8 Å². The number of phosphoric acid groups is 1. The minimum absolute atomic E-state index is 0. The van der Waals surface area contributed by atoms with Gasteiger partial charge < -0.3 is 23.4 Å². The molecule has 2 rings (SSSR count). The standard InChI is InChI=1S/C30H54N5O8PS.Na/c1-4-5-6-7-8-9-10-11-12-13-14-15-16-17-18-45-23-25(40-3)21-41-44(38,39)42-22-27-26(33-34-31)19-28(43-27)35-20-24(2)29(36)32-30(35)37;/h20,25-28H,4-19,21-23H2,1-3H3,(H,38,39)(H,32,36,37);/q;+1/p-1/t25?,26-,27+,28+;/m0./s1. The van der Waals surface area contributed by atoms with Crippen molar-refractivity contribution in [3.8, 4) is 0 Å². The number of rotatable bonds is 26. The van der Waals surface area contributed by atoms with E-state index in [9.17, 15) is 19.0 Å². The Kier molecular flexibility index (Phi) is 23.9. The molecule has 1 fully saturated rings. The van der Waals surface area contributed by atoms with Gasteiger partial charge in [-0.15, -0.1) is 0 Å². The Hall–Kier alpha value is -0.630. The predicted octanol–water partition coefficient (Wildman–Crippen LogP) is 3.55. The van der Waals surface area contributed by atoms with Crippen LogP contribution in [0.4, 0.5) is 0 Å². The van der Waals surface area contributed by atoms with Crippen molar-refractivity contribution in [1.29, 1.82) is 0 Å². The van der Waals surface area contributed by atoms with Crippen LogP contribution in [0.5, 0.6) is 0 Å². The van der Waals surface area contributed by atoms with E-state index in [1.807, 2.05) is 0 Å². The number of H-pyrrole nitrogens is 1. The van der Waals surface area contributed by atoms with Crippen LogP contribution in [0.15, 0.2) is 20.9 Å². The summed E-state index contributed by atoms with van der Waals surface area (Å²) >= 11 is 1.71. The normalized spacial score (nSPS) is 19.7. The van der Waals surface area contributed by atoms with Gasteiger partial charge in [0.05, 0.1) is 31.5 Å². The van der Waals surface area contributed by atoms with Gasteiger partial charge in [0.25, 0.3) is 13.4 Å². The first-order valence-electron chi connectivity index (χ1n) is 16.4. The minimum atomic E-state index is -4.72. The molecule has 0 spiro atoms. The van der Waals surface area contributed by atoms with Crippen LogP contribution in [0.25, 0.3) is 10.4 Å². The largest absolute Gasteiger partial charge is 1.00 e. The van der Waals surface area contributed by atoms with Crippen LogP contribution in [-0.2, 0) is 23.1 Å². The van der Waals surface area contributed by atoms with Crippen LogP contribution in [0.3, 0.4) is 0 Å². The topological polar surface area (TPSA) is 181 Å². The van der Waals surface area contributed by atoms with E-state index >= 15 is 0 Å². The van der Waals surface area contributed by atoms with Crippen LogP contribution < -0.4 is 45.7 Å². The summed E-state index contributed by atoms with van der Waals surface area (Å²) in [4.78, 5) is 41.4. The molecule has 1 aromatic heterocycles. The van der Waals surface area contributed by atoms with Gasteiger partial charge in [-0.3, -0.25) is 18.9 Å². The quantitative estimate of drug-likeness (QED) is 0.0378. The van der Waals surface area contributed by atoms with E-state index in [1.54, 1.807) is 11.8 Å². The molecule has 46 heavy (non-hydrogen) atoms. The van der Waals surface area contributed by atoms with E-state index in [1.165, 1.54) is 108 Å². The van der Waals surface area contributed by atoms with Crippen LogP contribution in [0, 0.1) is 6.92 Å². The zero-order valence-corrected chi connectivity index (χ0v) is 31.9. The maximum Gasteiger partial charge on any atom is 1.00 e. The molecule has 258 valence electrons. The maximum atomic E-state index is 12.5. The fourth-order valence-electron chi connectivity index (χ4n) is 5.20. The molecule has 1 aliphatic rings. The molecule has 0 aromatic carbocycles. The second-order valence-corrected chi connectivity index (χ2v) is 14.2. The first-order valence-corrected chi connectivity index (χ1v) is 19.0. The number of aromatic amines is 1. The second-order valence-electron chi connectivity index (χ2n) is 11.7. The molecule has 1 aromatic rings. The van der Waals surface area contributed by atoms with E-state index < -0.39 is 50.2 Å². The Morgan fingerprint density at radius 2 is 1.67 bits per heavy atom. The zero-order chi connectivity index (χ0) is 32.9. The third-order valence-corrected chi connectivity index (χ3v) is 10.1. The van der Waals surface area contributed by atoms with E-state index in [-0.39, 0.29) is 42.6 Å². The fourth-order valence-corrected chi connectivity index (χ4v) is 7.02. The number of thioether (sulfide) groups is 1. The Morgan fingerprint density at radius 1 is 1.09 bits per heavy atom. The Labute approximate surface area is 299 Å². The number of aromatic nitrogens is 2. The van der Waals surface area contributed by atoms with Crippen molar-refractivity contribution in [3.05, 3.63) is 43.0 Å². The third-order valence-electron chi connectivity index (χ3n) is 7.96. The molecule has 1 aliphatic heterocycles. The molecule has 0 saturated carbocycles. The molecular formula is C30H53N5NaO8PS. The van der Waals surface area contributed by atoms with E-state index in [2.05, 4.69) is 21.9 Å². The SMILES string of the molecule is CCCCCCCCCCCCCCCCSCC(COP(=O)([O-])OC[C@H]1O[C@@H](n2cc(C)c(=O)[nH]c2=O)C[C@@H]1N=[N+]=[N-])OC.[Na+]. The van der Waals surface area contributed by atoms with Gasteiger partial charge in [0.2, 0.25) is 0 Å². The number of phosphoric ester groups is 1. The zero-order valence-electron chi connectivity index (χ0n) is 28.2. The minimum Gasteiger partial charge on any atom is -0.756 e.